The molecule has 1 aliphatic heterocycles. The lowest BCUT2D eigenvalue weighted by Crippen LogP contribution is -2.16. The standard InChI is InChI=1S/C18H15ClO4S/c1-2-23-18(21)15-10-24(22)17-13(15)8-12(19)9-14(17)16(20)11-6-4-3-5-7-11/h3-9,15H,2,10H2,1H3/t15-,24-/m1/s1. The first-order chi connectivity index (χ1) is 11.5. The van der Waals surface area contributed by atoms with E-state index in [1.807, 2.05) is 6.07 Å². The van der Waals surface area contributed by atoms with Crippen LogP contribution in [-0.2, 0) is 20.3 Å². The molecule has 0 saturated heterocycles. The van der Waals surface area contributed by atoms with Gasteiger partial charge in [0.05, 0.1) is 28.2 Å². The van der Waals surface area contributed by atoms with Crippen LogP contribution >= 0.6 is 11.6 Å². The summed E-state index contributed by atoms with van der Waals surface area (Å²) < 4.78 is 17.6. The number of rotatable bonds is 4. The molecule has 4 nitrogen and oxygen atoms in total. The molecule has 2 aromatic carbocycles. The maximum atomic E-state index is 12.8. The summed E-state index contributed by atoms with van der Waals surface area (Å²) >= 11 is 6.15. The Bertz CT molecular complexity index is 832. The zero-order valence-electron chi connectivity index (χ0n) is 13.0. The zero-order chi connectivity index (χ0) is 17.3. The highest BCUT2D eigenvalue weighted by atomic mass is 35.5. The topological polar surface area (TPSA) is 60.4 Å². The van der Waals surface area contributed by atoms with Crippen molar-refractivity contribution in [1.29, 1.82) is 0 Å². The lowest BCUT2D eigenvalue weighted by Gasteiger charge is -2.11. The summed E-state index contributed by atoms with van der Waals surface area (Å²) in [7, 11) is -1.45. The highest BCUT2D eigenvalue weighted by Gasteiger charge is 2.38. The average Bonchev–Trinajstić information content (AvgIpc) is 2.91. The average molecular weight is 363 g/mol. The molecule has 0 amide bonds. The normalized spacial score (nSPS) is 18.9. The number of halogens is 1. The van der Waals surface area contributed by atoms with Gasteiger partial charge in [0.1, 0.15) is 0 Å². The SMILES string of the molecule is CCOC(=O)[C@@H]1C[S@@](=O)c2c(C(=O)c3ccccc3)cc(Cl)cc21. The monoisotopic (exact) mass is 362 g/mol. The van der Waals surface area contributed by atoms with Crippen LogP contribution in [0.2, 0.25) is 5.02 Å². The Morgan fingerprint density at radius 1 is 1.25 bits per heavy atom. The van der Waals surface area contributed by atoms with Gasteiger partial charge in [0.15, 0.2) is 5.78 Å². The minimum Gasteiger partial charge on any atom is -0.465 e. The number of fused-ring (bicyclic) bond motifs is 1. The Morgan fingerprint density at radius 2 is 1.96 bits per heavy atom. The molecule has 0 unspecified atom stereocenters. The van der Waals surface area contributed by atoms with E-state index < -0.39 is 22.7 Å². The fourth-order valence-corrected chi connectivity index (χ4v) is 4.68. The van der Waals surface area contributed by atoms with Crippen molar-refractivity contribution in [3.8, 4) is 0 Å². The first-order valence-electron chi connectivity index (χ1n) is 7.51. The molecule has 1 heterocycles. The molecule has 1 aliphatic rings. The third-order valence-electron chi connectivity index (χ3n) is 3.86. The molecule has 0 radical (unpaired) electrons. The second-order valence-electron chi connectivity index (χ2n) is 5.38. The summed E-state index contributed by atoms with van der Waals surface area (Å²) in [5.74, 6) is -1.23. The van der Waals surface area contributed by atoms with Crippen molar-refractivity contribution >= 4 is 34.2 Å². The Morgan fingerprint density at radius 3 is 2.62 bits per heavy atom. The van der Waals surface area contributed by atoms with Crippen LogP contribution in [0.1, 0.15) is 34.3 Å². The van der Waals surface area contributed by atoms with Gasteiger partial charge in [0.2, 0.25) is 0 Å². The van der Waals surface area contributed by atoms with Crippen LogP contribution in [-0.4, -0.2) is 28.3 Å². The molecule has 0 bridgehead atoms. The van der Waals surface area contributed by atoms with Crippen molar-refractivity contribution in [1.82, 2.24) is 0 Å². The largest absolute Gasteiger partial charge is 0.465 e. The minimum absolute atomic E-state index is 0.115. The van der Waals surface area contributed by atoms with Gasteiger partial charge in [-0.1, -0.05) is 41.9 Å². The summed E-state index contributed by atoms with van der Waals surface area (Å²) in [6.45, 7) is 1.96. The maximum absolute atomic E-state index is 12.8. The van der Waals surface area contributed by atoms with Gasteiger partial charge < -0.3 is 4.74 Å². The third kappa shape index (κ3) is 3.01. The molecule has 124 valence electrons. The van der Waals surface area contributed by atoms with E-state index in [1.165, 1.54) is 6.07 Å². The quantitative estimate of drug-likeness (QED) is 0.618. The van der Waals surface area contributed by atoms with Crippen LogP contribution < -0.4 is 0 Å². The van der Waals surface area contributed by atoms with Gasteiger partial charge in [-0.05, 0) is 24.6 Å². The molecule has 0 spiro atoms. The number of esters is 1. The number of benzene rings is 2. The fourth-order valence-electron chi connectivity index (χ4n) is 2.80. The van der Waals surface area contributed by atoms with Gasteiger partial charge in [-0.3, -0.25) is 13.8 Å². The van der Waals surface area contributed by atoms with E-state index in [4.69, 9.17) is 16.3 Å². The van der Waals surface area contributed by atoms with E-state index in [0.29, 0.717) is 21.0 Å². The van der Waals surface area contributed by atoms with E-state index in [9.17, 15) is 13.8 Å². The molecule has 0 fully saturated rings. The predicted octanol–water partition coefficient (Wildman–Crippen LogP) is 3.34. The van der Waals surface area contributed by atoms with E-state index in [-0.39, 0.29) is 23.7 Å². The Balaban J connectivity index is 2.11. The third-order valence-corrected chi connectivity index (χ3v) is 5.62. The van der Waals surface area contributed by atoms with E-state index in [1.54, 1.807) is 37.3 Å². The van der Waals surface area contributed by atoms with Crippen molar-refractivity contribution < 1.29 is 18.5 Å². The van der Waals surface area contributed by atoms with Gasteiger partial charge in [0.25, 0.3) is 0 Å². The second kappa shape index (κ2) is 6.87. The molecule has 0 saturated carbocycles. The number of ketones is 1. The minimum atomic E-state index is -1.45. The maximum Gasteiger partial charge on any atom is 0.314 e. The molecule has 0 aliphatic carbocycles. The van der Waals surface area contributed by atoms with Crippen LogP contribution in [0.5, 0.6) is 0 Å². The Kier molecular flexibility index (Phi) is 4.83. The number of carbonyl (C=O) groups is 2. The molecule has 6 heteroatoms. The first-order valence-corrected chi connectivity index (χ1v) is 9.20. The molecule has 2 atom stereocenters. The molecule has 0 N–H and O–H groups in total. The number of hydrogen-bond acceptors (Lipinski definition) is 4. The summed E-state index contributed by atoms with van der Waals surface area (Å²) in [6, 6.07) is 11.8. The van der Waals surface area contributed by atoms with Crippen molar-refractivity contribution in [2.45, 2.75) is 17.7 Å². The number of hydrogen-bond donors (Lipinski definition) is 0. The molecule has 0 aromatic heterocycles. The van der Waals surface area contributed by atoms with Crippen LogP contribution in [0.3, 0.4) is 0 Å². The van der Waals surface area contributed by atoms with Crippen molar-refractivity contribution in [3.63, 3.8) is 0 Å². The predicted molar refractivity (Wildman–Crippen MR) is 92.0 cm³/mol. The van der Waals surface area contributed by atoms with Crippen molar-refractivity contribution in [2.24, 2.45) is 0 Å². The number of carbonyl (C=O) groups excluding carboxylic acids is 2. The van der Waals surface area contributed by atoms with Crippen LogP contribution in [0.4, 0.5) is 0 Å². The van der Waals surface area contributed by atoms with Crippen LogP contribution in [0.15, 0.2) is 47.4 Å². The zero-order valence-corrected chi connectivity index (χ0v) is 14.5. The fraction of sp³-hybridized carbons (Fsp3) is 0.222. The van der Waals surface area contributed by atoms with Crippen molar-refractivity contribution in [2.75, 3.05) is 12.4 Å². The highest BCUT2D eigenvalue weighted by Crippen LogP contribution is 2.38. The number of ether oxygens (including phenoxy) is 1. The smallest absolute Gasteiger partial charge is 0.314 e. The summed E-state index contributed by atoms with van der Waals surface area (Å²) in [5.41, 5.74) is 1.30. The highest BCUT2D eigenvalue weighted by molar-refractivity contribution is 7.85. The molecule has 3 rings (SSSR count). The lowest BCUT2D eigenvalue weighted by atomic mass is 9.95. The van der Waals surface area contributed by atoms with E-state index in [0.717, 1.165) is 0 Å². The molecule has 24 heavy (non-hydrogen) atoms. The lowest BCUT2D eigenvalue weighted by molar-refractivity contribution is -0.144. The first kappa shape index (κ1) is 16.9. The summed E-state index contributed by atoms with van der Waals surface area (Å²) in [6.07, 6.45) is 0. The van der Waals surface area contributed by atoms with Crippen molar-refractivity contribution in [3.05, 3.63) is 64.2 Å². The van der Waals surface area contributed by atoms with Gasteiger partial charge in [0, 0.05) is 21.9 Å². The summed E-state index contributed by atoms with van der Waals surface area (Å²) in [5, 5.41) is 0.334. The van der Waals surface area contributed by atoms with Gasteiger partial charge in [-0.2, -0.15) is 0 Å². The Hall–Kier alpha value is -1.98. The Labute approximate surface area is 147 Å². The summed E-state index contributed by atoms with van der Waals surface area (Å²) in [4.78, 5) is 25.3. The van der Waals surface area contributed by atoms with E-state index in [2.05, 4.69) is 0 Å². The molecular formula is C18H15ClO4S. The second-order valence-corrected chi connectivity index (χ2v) is 7.25. The van der Waals surface area contributed by atoms with Crippen LogP contribution in [0, 0.1) is 0 Å². The van der Waals surface area contributed by atoms with Gasteiger partial charge in [-0.15, -0.1) is 0 Å². The molecular weight excluding hydrogens is 348 g/mol. The van der Waals surface area contributed by atoms with Gasteiger partial charge in [-0.25, -0.2) is 0 Å². The van der Waals surface area contributed by atoms with Gasteiger partial charge >= 0.3 is 5.97 Å². The van der Waals surface area contributed by atoms with E-state index >= 15 is 0 Å². The van der Waals surface area contributed by atoms with Crippen LogP contribution in [0.25, 0.3) is 0 Å². The molecule has 2 aromatic rings.